The Morgan fingerprint density at radius 1 is 1.00 bits per heavy atom. The first kappa shape index (κ1) is 20.5. The molecule has 2 aliphatic heterocycles. The summed E-state index contributed by atoms with van der Waals surface area (Å²) in [5, 5.41) is 22.7. The fourth-order valence-electron chi connectivity index (χ4n) is 3.51. The Balaban J connectivity index is 1.77. The van der Waals surface area contributed by atoms with Crippen LogP contribution in [0.3, 0.4) is 0 Å². The second kappa shape index (κ2) is 7.66. The minimum Gasteiger partial charge on any atom is -0.624 e. The Bertz CT molecular complexity index is 690. The lowest BCUT2D eigenvalue weighted by atomic mass is 10.0. The Morgan fingerprint density at radius 2 is 1.52 bits per heavy atom. The molecule has 7 nitrogen and oxygen atoms in total. The van der Waals surface area contributed by atoms with Crippen LogP contribution in [0.5, 0.6) is 0 Å². The monoisotopic (exact) mass is 399 g/mol. The van der Waals surface area contributed by atoms with Gasteiger partial charge in [-0.15, -0.1) is 0 Å². The molecule has 0 spiro atoms. The fourth-order valence-corrected chi connectivity index (χ4v) is 3.64. The Labute approximate surface area is 164 Å². The zero-order valence-electron chi connectivity index (χ0n) is 15.9. The van der Waals surface area contributed by atoms with Crippen LogP contribution in [0.1, 0.15) is 33.3 Å². The van der Waals surface area contributed by atoms with Crippen molar-refractivity contribution in [2.75, 3.05) is 13.2 Å². The van der Waals surface area contributed by atoms with E-state index in [2.05, 4.69) is 0 Å². The van der Waals surface area contributed by atoms with Crippen molar-refractivity contribution in [1.29, 1.82) is 0 Å². The summed E-state index contributed by atoms with van der Waals surface area (Å²) in [5.74, 6) is -1.71. The number of halogens is 1. The van der Waals surface area contributed by atoms with Crippen molar-refractivity contribution in [1.82, 2.24) is 0 Å². The number of hydroxylamine groups is 1. The summed E-state index contributed by atoms with van der Waals surface area (Å²) in [4.78, 5) is 0. The van der Waals surface area contributed by atoms with Gasteiger partial charge in [0.1, 0.15) is 24.4 Å². The quantitative estimate of drug-likeness (QED) is 0.354. The molecule has 2 heterocycles. The van der Waals surface area contributed by atoms with Gasteiger partial charge in [-0.05, 0) is 52.0 Å². The third-order valence-electron chi connectivity index (χ3n) is 4.47. The number of hydrogen-bond acceptors (Lipinski definition) is 6. The maximum absolute atomic E-state index is 12.5. The maximum atomic E-state index is 12.5. The summed E-state index contributed by atoms with van der Waals surface area (Å²) in [7, 11) is 0. The van der Waals surface area contributed by atoms with E-state index < -0.39 is 36.0 Å². The zero-order chi connectivity index (χ0) is 19.8. The van der Waals surface area contributed by atoms with Gasteiger partial charge in [0.25, 0.3) is 0 Å². The van der Waals surface area contributed by atoms with Crippen LogP contribution in [0.4, 0.5) is 0 Å². The molecule has 0 radical (unpaired) electrons. The highest BCUT2D eigenvalue weighted by molar-refractivity contribution is 6.30. The number of hydrogen-bond donors (Lipinski definition) is 1. The summed E-state index contributed by atoms with van der Waals surface area (Å²) >= 11 is 5.87. The summed E-state index contributed by atoms with van der Waals surface area (Å²) in [6, 6.07) is 6.97. The minimum absolute atomic E-state index is 0.0508. The third kappa shape index (κ3) is 4.99. The second-order valence-corrected chi connectivity index (χ2v) is 8.18. The molecule has 1 aromatic rings. The zero-order valence-corrected chi connectivity index (χ0v) is 16.7. The predicted octanol–water partition coefficient (Wildman–Crippen LogP) is 2.30. The van der Waals surface area contributed by atoms with Crippen molar-refractivity contribution < 1.29 is 28.8 Å². The second-order valence-electron chi connectivity index (χ2n) is 7.74. The van der Waals surface area contributed by atoms with E-state index in [0.29, 0.717) is 5.02 Å². The summed E-state index contributed by atoms with van der Waals surface area (Å²) in [6.07, 6.45) is -0.709. The molecule has 3 rings (SSSR count). The molecule has 4 atom stereocenters. The van der Waals surface area contributed by atoms with Crippen LogP contribution in [0.15, 0.2) is 24.3 Å². The molecule has 150 valence electrons. The molecule has 0 saturated carbocycles. The van der Waals surface area contributed by atoms with E-state index in [0.717, 1.165) is 10.3 Å². The van der Waals surface area contributed by atoms with E-state index in [1.807, 2.05) is 0 Å². The van der Waals surface area contributed by atoms with E-state index in [1.165, 1.54) is 6.21 Å². The van der Waals surface area contributed by atoms with Gasteiger partial charge in [0.05, 0.1) is 6.61 Å². The van der Waals surface area contributed by atoms with Gasteiger partial charge in [-0.2, -0.15) is 0 Å². The van der Waals surface area contributed by atoms with Crippen molar-refractivity contribution >= 4 is 17.8 Å². The van der Waals surface area contributed by atoms with Crippen LogP contribution in [0, 0.1) is 5.21 Å². The first-order chi connectivity index (χ1) is 12.6. The van der Waals surface area contributed by atoms with Crippen LogP contribution >= 0.6 is 11.6 Å². The number of rotatable bonds is 5. The van der Waals surface area contributed by atoms with Crippen molar-refractivity contribution in [2.45, 2.75) is 63.7 Å². The number of aliphatic hydroxyl groups excluding tert-OH is 1. The van der Waals surface area contributed by atoms with E-state index in [9.17, 15) is 10.3 Å². The lowest BCUT2D eigenvalue weighted by Crippen LogP contribution is -2.45. The smallest absolute Gasteiger partial charge is 0.182 e. The van der Waals surface area contributed by atoms with Gasteiger partial charge in [0, 0.05) is 10.6 Å². The number of nitrogens with zero attached hydrogens (tertiary/aromatic N) is 1. The minimum atomic E-state index is -0.869. The summed E-state index contributed by atoms with van der Waals surface area (Å²) in [5.41, 5.74) is 0.735. The highest BCUT2D eigenvalue weighted by Gasteiger charge is 2.54. The van der Waals surface area contributed by atoms with E-state index >= 15 is 0 Å². The molecule has 2 aliphatic rings. The third-order valence-corrected chi connectivity index (χ3v) is 4.72. The predicted molar refractivity (Wildman–Crippen MR) is 99.8 cm³/mol. The highest BCUT2D eigenvalue weighted by atomic mass is 35.5. The summed E-state index contributed by atoms with van der Waals surface area (Å²) < 4.78 is 24.4. The van der Waals surface area contributed by atoms with Gasteiger partial charge >= 0.3 is 0 Å². The first-order valence-electron chi connectivity index (χ1n) is 8.95. The average Bonchev–Trinajstić information content (AvgIpc) is 3.04. The molecule has 2 fully saturated rings. The molecule has 0 amide bonds. The van der Waals surface area contributed by atoms with Gasteiger partial charge in [0.2, 0.25) is 0 Å². The van der Waals surface area contributed by atoms with E-state index in [4.69, 9.17) is 30.5 Å². The molecule has 2 saturated heterocycles. The Kier molecular flexibility index (Phi) is 5.82. The molecule has 0 aliphatic carbocycles. The van der Waals surface area contributed by atoms with Crippen molar-refractivity contribution in [3.05, 3.63) is 40.1 Å². The van der Waals surface area contributed by atoms with Crippen molar-refractivity contribution in [3.63, 3.8) is 0 Å². The standard InChI is InChI=1S/C19H26ClNO6/c1-18(2)24-14(10-21(23)9-12-5-7-13(20)8-6-12)16(26-18)17-15(11-22)25-19(3,4)27-17/h5-9,14-17,22H,10-11H2,1-4H3/b21-9-/t14-,15-,16+,17-/m1/s1. The molecular formula is C19H26ClNO6. The molecule has 0 unspecified atom stereocenters. The number of ether oxygens (including phenoxy) is 4. The average molecular weight is 400 g/mol. The topological polar surface area (TPSA) is 83.2 Å². The molecule has 8 heteroatoms. The van der Waals surface area contributed by atoms with Gasteiger partial charge in [-0.3, -0.25) is 0 Å². The molecule has 27 heavy (non-hydrogen) atoms. The highest BCUT2D eigenvalue weighted by Crippen LogP contribution is 2.38. The molecule has 0 bridgehead atoms. The van der Waals surface area contributed by atoms with Gasteiger partial charge < -0.3 is 29.3 Å². The molecular weight excluding hydrogens is 374 g/mol. The van der Waals surface area contributed by atoms with Gasteiger partial charge in [-0.25, -0.2) is 4.74 Å². The molecule has 1 N–H and O–H groups in total. The van der Waals surface area contributed by atoms with Gasteiger partial charge in [0.15, 0.2) is 24.3 Å². The van der Waals surface area contributed by atoms with Crippen LogP contribution in [-0.2, 0) is 18.9 Å². The largest absolute Gasteiger partial charge is 0.624 e. The SMILES string of the molecule is CC1(C)O[C@H]([C@@H]2OC(C)(C)O[C@@H]2CO)[C@@H](C/[N+]([O-])=C/c2ccc(Cl)cc2)O1. The Hall–Kier alpha value is -1.22. The number of benzene rings is 1. The van der Waals surface area contributed by atoms with Crippen LogP contribution in [0.2, 0.25) is 5.02 Å². The summed E-state index contributed by atoms with van der Waals surface area (Å²) in [6.45, 7) is 6.97. The lowest BCUT2D eigenvalue weighted by Gasteiger charge is -2.25. The van der Waals surface area contributed by atoms with Gasteiger partial charge in [-0.1, -0.05) is 11.6 Å². The van der Waals surface area contributed by atoms with Crippen LogP contribution in [0.25, 0.3) is 0 Å². The lowest BCUT2D eigenvalue weighted by molar-refractivity contribution is -0.466. The van der Waals surface area contributed by atoms with Crippen LogP contribution < -0.4 is 0 Å². The van der Waals surface area contributed by atoms with E-state index in [-0.39, 0.29) is 13.2 Å². The Morgan fingerprint density at radius 3 is 2.07 bits per heavy atom. The van der Waals surface area contributed by atoms with Crippen molar-refractivity contribution in [3.8, 4) is 0 Å². The fraction of sp³-hybridized carbons (Fsp3) is 0.632. The number of aliphatic hydroxyl groups is 1. The maximum Gasteiger partial charge on any atom is 0.182 e. The normalized spacial score (nSPS) is 32.7. The molecule has 1 aromatic carbocycles. The molecule has 0 aromatic heterocycles. The first-order valence-corrected chi connectivity index (χ1v) is 9.33. The van der Waals surface area contributed by atoms with E-state index in [1.54, 1.807) is 52.0 Å². The van der Waals surface area contributed by atoms with Crippen LogP contribution in [-0.4, -0.2) is 65.2 Å². The van der Waals surface area contributed by atoms with Crippen molar-refractivity contribution in [2.24, 2.45) is 0 Å².